The molecule has 0 spiro atoms. The van der Waals surface area contributed by atoms with Crippen molar-refractivity contribution in [3.05, 3.63) is 53.6 Å². The molecule has 2 aliphatic rings. The molecule has 0 unspecified atom stereocenters. The second-order valence-electron chi connectivity index (χ2n) is 9.84. The van der Waals surface area contributed by atoms with Gasteiger partial charge in [0.2, 0.25) is 0 Å². The van der Waals surface area contributed by atoms with Crippen LogP contribution >= 0.6 is 0 Å². The minimum absolute atomic E-state index is 0.281. The third kappa shape index (κ3) is 3.90. The van der Waals surface area contributed by atoms with Crippen molar-refractivity contribution in [2.45, 2.75) is 51.1 Å². The highest BCUT2D eigenvalue weighted by Crippen LogP contribution is 2.41. The minimum atomic E-state index is 0.281. The molecule has 32 heavy (non-hydrogen) atoms. The number of piperidine rings is 1. The highest BCUT2D eigenvalue weighted by atomic mass is 15.3. The molecule has 3 aromatic rings. The number of likely N-dealkylation sites (N-methyl/N-ethyl adjacent to an activating group) is 1. The Morgan fingerprint density at radius 2 is 1.75 bits per heavy atom. The number of rotatable bonds is 4. The number of benzene rings is 1. The van der Waals surface area contributed by atoms with Gasteiger partial charge in [0.15, 0.2) is 0 Å². The lowest BCUT2D eigenvalue weighted by Crippen LogP contribution is -2.44. The van der Waals surface area contributed by atoms with Gasteiger partial charge in [-0.25, -0.2) is 4.98 Å². The van der Waals surface area contributed by atoms with E-state index in [2.05, 4.69) is 78.0 Å². The van der Waals surface area contributed by atoms with Crippen LogP contribution in [-0.2, 0) is 0 Å². The van der Waals surface area contributed by atoms with E-state index in [0.717, 1.165) is 50.4 Å². The van der Waals surface area contributed by atoms with Gasteiger partial charge in [-0.3, -0.25) is 9.88 Å². The summed E-state index contributed by atoms with van der Waals surface area (Å²) in [6.07, 6.45) is 5.41. The summed E-state index contributed by atoms with van der Waals surface area (Å²) in [5, 5.41) is 0. The zero-order chi connectivity index (χ0) is 22.2. The molecule has 1 aromatic carbocycles. The topological polar surface area (TPSA) is 51.3 Å². The number of likely N-dealkylation sites (tertiary alicyclic amines) is 1. The van der Waals surface area contributed by atoms with Crippen LogP contribution in [0.3, 0.4) is 0 Å². The van der Waals surface area contributed by atoms with Gasteiger partial charge in [-0.15, -0.1) is 0 Å². The minimum Gasteiger partial charge on any atom is -0.367 e. The molecule has 2 atom stereocenters. The lowest BCUT2D eigenvalue weighted by atomic mass is 9.89. The molecule has 0 aliphatic carbocycles. The van der Waals surface area contributed by atoms with E-state index >= 15 is 0 Å². The van der Waals surface area contributed by atoms with Crippen LogP contribution in [0.1, 0.15) is 68.2 Å². The van der Waals surface area contributed by atoms with Crippen LogP contribution in [-0.4, -0.2) is 65.0 Å². The highest BCUT2D eigenvalue weighted by Gasteiger charge is 2.34. The van der Waals surface area contributed by atoms with Crippen molar-refractivity contribution in [1.29, 1.82) is 0 Å². The van der Waals surface area contributed by atoms with Gasteiger partial charge in [-0.05, 0) is 63.0 Å². The Morgan fingerprint density at radius 1 is 0.969 bits per heavy atom. The van der Waals surface area contributed by atoms with Gasteiger partial charge >= 0.3 is 0 Å². The molecule has 2 aromatic heterocycles. The number of para-hydroxylation sites is 1. The first-order chi connectivity index (χ1) is 15.5. The number of nitrogens with zero attached hydrogens (tertiary/aromatic N) is 5. The molecule has 6 heteroatoms. The van der Waals surface area contributed by atoms with E-state index < -0.39 is 0 Å². The standard InChI is InChI=1S/C26H36N6/c1-18(2)19-8-7-13-27-24(19)21-10-6-12-23(31(21)4)26-28-20-9-5-11-22(25(20)29-26)32-16-14-30(3)15-17-32/h5,7-9,11,13,18,21,23H,6,10,12,14-17H2,1-4H3,(H,28,29)/t21-,23+/m0/s1. The van der Waals surface area contributed by atoms with Crippen LogP contribution in [0, 0.1) is 0 Å². The van der Waals surface area contributed by atoms with Crippen molar-refractivity contribution in [3.8, 4) is 0 Å². The average molecular weight is 433 g/mol. The molecule has 170 valence electrons. The van der Waals surface area contributed by atoms with Crippen LogP contribution in [0.2, 0.25) is 0 Å². The number of pyridine rings is 1. The summed E-state index contributed by atoms with van der Waals surface area (Å²) in [6.45, 7) is 8.86. The van der Waals surface area contributed by atoms with Crippen molar-refractivity contribution in [2.24, 2.45) is 0 Å². The lowest BCUT2D eigenvalue weighted by molar-refractivity contribution is 0.106. The van der Waals surface area contributed by atoms with Gasteiger partial charge in [0.25, 0.3) is 0 Å². The quantitative estimate of drug-likeness (QED) is 0.646. The zero-order valence-corrected chi connectivity index (χ0v) is 19.9. The second kappa shape index (κ2) is 8.83. The fraction of sp³-hybridized carbons (Fsp3) is 0.538. The maximum Gasteiger partial charge on any atom is 0.124 e. The Kier molecular flexibility index (Phi) is 5.91. The van der Waals surface area contributed by atoms with Crippen LogP contribution in [0.5, 0.6) is 0 Å². The number of piperazine rings is 1. The number of nitrogens with one attached hydrogen (secondary N) is 1. The zero-order valence-electron chi connectivity index (χ0n) is 19.9. The van der Waals surface area contributed by atoms with Gasteiger partial charge in [-0.2, -0.15) is 0 Å². The average Bonchev–Trinajstić information content (AvgIpc) is 3.24. The van der Waals surface area contributed by atoms with E-state index in [-0.39, 0.29) is 6.04 Å². The van der Waals surface area contributed by atoms with Crippen molar-refractivity contribution in [1.82, 2.24) is 24.8 Å². The predicted molar refractivity (Wildman–Crippen MR) is 131 cm³/mol. The first-order valence-electron chi connectivity index (χ1n) is 12.1. The number of anilines is 1. The Morgan fingerprint density at radius 3 is 2.53 bits per heavy atom. The number of aromatic nitrogens is 3. The molecule has 2 aliphatic heterocycles. The maximum atomic E-state index is 5.09. The van der Waals surface area contributed by atoms with Gasteiger partial charge in [0, 0.05) is 32.4 Å². The lowest BCUT2D eigenvalue weighted by Gasteiger charge is -2.39. The molecule has 1 N–H and O–H groups in total. The second-order valence-corrected chi connectivity index (χ2v) is 9.84. The Hall–Kier alpha value is -2.44. The van der Waals surface area contributed by atoms with Crippen LogP contribution < -0.4 is 4.90 Å². The molecular formula is C26H36N6. The summed E-state index contributed by atoms with van der Waals surface area (Å²) in [4.78, 5) is 21.1. The number of aromatic amines is 1. The van der Waals surface area contributed by atoms with E-state index in [0.29, 0.717) is 12.0 Å². The van der Waals surface area contributed by atoms with E-state index in [1.54, 1.807) is 0 Å². The molecule has 2 fully saturated rings. The summed E-state index contributed by atoms with van der Waals surface area (Å²) in [5.41, 5.74) is 6.16. The third-order valence-electron chi connectivity index (χ3n) is 7.42. The van der Waals surface area contributed by atoms with Crippen LogP contribution in [0.25, 0.3) is 11.0 Å². The van der Waals surface area contributed by atoms with Gasteiger partial charge in [-0.1, -0.05) is 26.0 Å². The maximum absolute atomic E-state index is 5.09. The van der Waals surface area contributed by atoms with Gasteiger partial charge < -0.3 is 14.8 Å². The molecule has 6 nitrogen and oxygen atoms in total. The molecule has 5 rings (SSSR count). The van der Waals surface area contributed by atoms with E-state index in [9.17, 15) is 0 Å². The largest absolute Gasteiger partial charge is 0.367 e. The van der Waals surface area contributed by atoms with Crippen molar-refractivity contribution >= 4 is 16.7 Å². The summed E-state index contributed by atoms with van der Waals surface area (Å²) in [5.74, 6) is 1.57. The number of hydrogen-bond donors (Lipinski definition) is 1. The van der Waals surface area contributed by atoms with E-state index in [4.69, 9.17) is 9.97 Å². The Bertz CT molecular complexity index is 1070. The number of imidazole rings is 1. The molecule has 4 heterocycles. The molecule has 0 radical (unpaired) electrons. The number of H-pyrrole nitrogens is 1. The summed E-state index contributed by atoms with van der Waals surface area (Å²) >= 11 is 0. The molecular weight excluding hydrogens is 396 g/mol. The third-order valence-corrected chi connectivity index (χ3v) is 7.42. The monoisotopic (exact) mass is 432 g/mol. The van der Waals surface area contributed by atoms with Gasteiger partial charge in [0.05, 0.1) is 34.5 Å². The first-order valence-corrected chi connectivity index (χ1v) is 12.1. The van der Waals surface area contributed by atoms with E-state index in [1.807, 2.05) is 6.20 Å². The van der Waals surface area contributed by atoms with Crippen LogP contribution in [0.4, 0.5) is 5.69 Å². The van der Waals surface area contributed by atoms with Gasteiger partial charge in [0.1, 0.15) is 5.82 Å². The summed E-state index contributed by atoms with van der Waals surface area (Å²) in [7, 11) is 4.45. The predicted octanol–water partition coefficient (Wildman–Crippen LogP) is 4.73. The summed E-state index contributed by atoms with van der Waals surface area (Å²) in [6, 6.07) is 11.5. The molecule has 2 saturated heterocycles. The van der Waals surface area contributed by atoms with Crippen molar-refractivity contribution in [3.63, 3.8) is 0 Å². The Labute approximate surface area is 191 Å². The fourth-order valence-electron chi connectivity index (χ4n) is 5.49. The van der Waals surface area contributed by atoms with Crippen molar-refractivity contribution in [2.75, 3.05) is 45.2 Å². The van der Waals surface area contributed by atoms with Crippen molar-refractivity contribution < 1.29 is 0 Å². The Balaban J connectivity index is 1.46. The molecule has 0 amide bonds. The molecule has 0 saturated carbocycles. The number of hydrogen-bond acceptors (Lipinski definition) is 5. The fourth-order valence-corrected chi connectivity index (χ4v) is 5.49. The summed E-state index contributed by atoms with van der Waals surface area (Å²) < 4.78 is 0. The molecule has 0 bridgehead atoms. The van der Waals surface area contributed by atoms with E-state index in [1.165, 1.54) is 28.9 Å². The van der Waals surface area contributed by atoms with Crippen LogP contribution in [0.15, 0.2) is 36.5 Å². The number of fused-ring (bicyclic) bond motifs is 1. The highest BCUT2D eigenvalue weighted by molar-refractivity contribution is 5.89. The smallest absolute Gasteiger partial charge is 0.124 e. The SMILES string of the molecule is CC(C)c1cccnc1[C@@H]1CCC[C@H](c2nc3cccc(N4CCN(C)CC4)c3[nH]2)N1C. The normalized spacial score (nSPS) is 23.3. The first kappa shape index (κ1) is 21.4.